The average molecular weight is 263 g/mol. The van der Waals surface area contributed by atoms with Crippen LogP contribution in [0, 0.1) is 13.8 Å². The Kier molecular flexibility index (Phi) is 5.55. The first-order chi connectivity index (χ1) is 8.93. The number of carbonyl (C=O) groups excluding carboxylic acids is 2. The zero-order valence-electron chi connectivity index (χ0n) is 12.0. The fourth-order valence-corrected chi connectivity index (χ4v) is 1.93. The third-order valence-corrected chi connectivity index (χ3v) is 2.96. The summed E-state index contributed by atoms with van der Waals surface area (Å²) in [6, 6.07) is 4.00. The fourth-order valence-electron chi connectivity index (χ4n) is 1.93. The van der Waals surface area contributed by atoms with Crippen molar-refractivity contribution in [3.63, 3.8) is 0 Å². The number of amides is 1. The minimum absolute atomic E-state index is 0.0271. The molecule has 0 bridgehead atoms. The topological polar surface area (TPSA) is 55.4 Å². The lowest BCUT2D eigenvalue weighted by atomic mass is 10.0. The molecule has 0 fully saturated rings. The van der Waals surface area contributed by atoms with E-state index in [0.717, 1.165) is 22.4 Å². The van der Waals surface area contributed by atoms with E-state index in [2.05, 4.69) is 11.4 Å². The molecule has 1 aromatic carbocycles. The van der Waals surface area contributed by atoms with Crippen LogP contribution in [0.25, 0.3) is 0 Å². The van der Waals surface area contributed by atoms with Crippen molar-refractivity contribution in [1.82, 2.24) is 5.32 Å². The van der Waals surface area contributed by atoms with E-state index in [1.54, 1.807) is 7.11 Å². The predicted octanol–water partition coefficient (Wildman–Crippen LogP) is 2.30. The summed E-state index contributed by atoms with van der Waals surface area (Å²) in [5.74, 6) is 0.695. The molecule has 4 heteroatoms. The molecule has 0 unspecified atom stereocenters. The zero-order valence-corrected chi connectivity index (χ0v) is 12.0. The number of benzene rings is 1. The Morgan fingerprint density at radius 1 is 1.21 bits per heavy atom. The number of hydrogen-bond donors (Lipinski definition) is 1. The maximum Gasteiger partial charge on any atom is 0.220 e. The Morgan fingerprint density at radius 2 is 1.89 bits per heavy atom. The Bertz CT molecular complexity index is 481. The Labute approximate surface area is 114 Å². The van der Waals surface area contributed by atoms with Crippen molar-refractivity contribution in [3.05, 3.63) is 28.8 Å². The van der Waals surface area contributed by atoms with Crippen molar-refractivity contribution < 1.29 is 14.3 Å². The normalized spacial score (nSPS) is 10.1. The third-order valence-electron chi connectivity index (χ3n) is 2.96. The quantitative estimate of drug-likeness (QED) is 0.856. The van der Waals surface area contributed by atoms with Crippen LogP contribution >= 0.6 is 0 Å². The van der Waals surface area contributed by atoms with Crippen molar-refractivity contribution in [2.45, 2.75) is 40.2 Å². The SMILES string of the molecule is COc1cc(C)cc(C)c1CNC(=O)CCC(C)=O. The Morgan fingerprint density at radius 3 is 2.47 bits per heavy atom. The number of ketones is 1. The van der Waals surface area contributed by atoms with Gasteiger partial charge in [0, 0.05) is 24.9 Å². The van der Waals surface area contributed by atoms with Gasteiger partial charge in [0.25, 0.3) is 0 Å². The molecule has 0 aliphatic carbocycles. The van der Waals surface area contributed by atoms with Gasteiger partial charge in [0.1, 0.15) is 11.5 Å². The van der Waals surface area contributed by atoms with E-state index in [-0.39, 0.29) is 24.5 Å². The largest absolute Gasteiger partial charge is 0.496 e. The highest BCUT2D eigenvalue weighted by molar-refractivity contribution is 5.83. The molecule has 0 saturated carbocycles. The van der Waals surface area contributed by atoms with E-state index in [9.17, 15) is 9.59 Å². The number of methoxy groups -OCH3 is 1. The van der Waals surface area contributed by atoms with Crippen molar-refractivity contribution in [2.75, 3.05) is 7.11 Å². The zero-order chi connectivity index (χ0) is 14.4. The summed E-state index contributed by atoms with van der Waals surface area (Å²) in [5.41, 5.74) is 3.19. The maximum absolute atomic E-state index is 11.6. The van der Waals surface area contributed by atoms with Crippen LogP contribution < -0.4 is 10.1 Å². The molecule has 1 aromatic rings. The molecule has 1 N–H and O–H groups in total. The number of Topliss-reactive ketones (excluding diaryl/α,β-unsaturated/α-hetero) is 1. The molecule has 0 heterocycles. The van der Waals surface area contributed by atoms with Gasteiger partial charge in [-0.2, -0.15) is 0 Å². The fraction of sp³-hybridized carbons (Fsp3) is 0.467. The highest BCUT2D eigenvalue weighted by Crippen LogP contribution is 2.23. The van der Waals surface area contributed by atoms with Gasteiger partial charge >= 0.3 is 0 Å². The number of aryl methyl sites for hydroxylation is 2. The van der Waals surface area contributed by atoms with E-state index in [4.69, 9.17) is 4.74 Å². The lowest BCUT2D eigenvalue weighted by molar-refractivity contribution is -0.124. The Hall–Kier alpha value is -1.84. The summed E-state index contributed by atoms with van der Waals surface area (Å²) in [6.07, 6.45) is 0.526. The second-order valence-corrected chi connectivity index (χ2v) is 4.74. The monoisotopic (exact) mass is 263 g/mol. The molecule has 19 heavy (non-hydrogen) atoms. The summed E-state index contributed by atoms with van der Waals surface area (Å²) in [7, 11) is 1.62. The van der Waals surface area contributed by atoms with Gasteiger partial charge in [-0.05, 0) is 38.0 Å². The van der Waals surface area contributed by atoms with Crippen LogP contribution in [0.5, 0.6) is 5.75 Å². The summed E-state index contributed by atoms with van der Waals surface area (Å²) in [6.45, 7) is 5.91. The molecule has 104 valence electrons. The molecular weight excluding hydrogens is 242 g/mol. The molecule has 1 rings (SSSR count). The van der Waals surface area contributed by atoms with Crippen molar-refractivity contribution in [3.8, 4) is 5.75 Å². The highest BCUT2D eigenvalue weighted by Gasteiger charge is 2.09. The third kappa shape index (κ3) is 4.73. The maximum atomic E-state index is 11.6. The van der Waals surface area contributed by atoms with Crippen LogP contribution in [0.15, 0.2) is 12.1 Å². The van der Waals surface area contributed by atoms with E-state index >= 15 is 0 Å². The van der Waals surface area contributed by atoms with E-state index in [1.165, 1.54) is 6.92 Å². The highest BCUT2D eigenvalue weighted by atomic mass is 16.5. The first kappa shape index (κ1) is 15.2. The summed E-state index contributed by atoms with van der Waals surface area (Å²) in [5, 5.41) is 2.82. The van der Waals surface area contributed by atoms with Crippen LogP contribution in [0.2, 0.25) is 0 Å². The standard InChI is InChI=1S/C15H21NO3/c1-10-7-11(2)13(14(8-10)19-4)9-16-15(18)6-5-12(3)17/h7-8H,5-6,9H2,1-4H3,(H,16,18). The van der Waals surface area contributed by atoms with Crippen molar-refractivity contribution >= 4 is 11.7 Å². The van der Waals surface area contributed by atoms with Gasteiger partial charge < -0.3 is 14.8 Å². The van der Waals surface area contributed by atoms with Crippen LogP contribution in [0.4, 0.5) is 0 Å². The summed E-state index contributed by atoms with van der Waals surface area (Å²) < 4.78 is 5.33. The molecule has 0 aliphatic rings. The number of ether oxygens (including phenoxy) is 1. The van der Waals surface area contributed by atoms with E-state index in [1.807, 2.05) is 19.9 Å². The van der Waals surface area contributed by atoms with Gasteiger partial charge in [-0.25, -0.2) is 0 Å². The molecule has 0 aliphatic heterocycles. The molecular formula is C15H21NO3. The predicted molar refractivity (Wildman–Crippen MR) is 74.2 cm³/mol. The van der Waals surface area contributed by atoms with Crippen molar-refractivity contribution in [1.29, 1.82) is 0 Å². The van der Waals surface area contributed by atoms with Crippen LogP contribution in [-0.4, -0.2) is 18.8 Å². The molecule has 0 aromatic heterocycles. The van der Waals surface area contributed by atoms with Crippen LogP contribution in [0.1, 0.15) is 36.5 Å². The second kappa shape index (κ2) is 6.92. The molecule has 0 atom stereocenters. The van der Waals surface area contributed by atoms with Crippen molar-refractivity contribution in [2.24, 2.45) is 0 Å². The van der Waals surface area contributed by atoms with E-state index in [0.29, 0.717) is 6.54 Å². The number of hydrogen-bond acceptors (Lipinski definition) is 3. The van der Waals surface area contributed by atoms with Crippen LogP contribution in [-0.2, 0) is 16.1 Å². The Balaban J connectivity index is 2.67. The number of rotatable bonds is 6. The smallest absolute Gasteiger partial charge is 0.220 e. The minimum Gasteiger partial charge on any atom is -0.496 e. The molecule has 0 radical (unpaired) electrons. The van der Waals surface area contributed by atoms with Gasteiger partial charge in [0.05, 0.1) is 7.11 Å². The summed E-state index contributed by atoms with van der Waals surface area (Å²) >= 11 is 0. The lowest BCUT2D eigenvalue weighted by Crippen LogP contribution is -2.23. The average Bonchev–Trinajstić information content (AvgIpc) is 2.34. The van der Waals surface area contributed by atoms with Gasteiger partial charge in [-0.1, -0.05) is 6.07 Å². The first-order valence-corrected chi connectivity index (χ1v) is 6.34. The van der Waals surface area contributed by atoms with Gasteiger partial charge in [0.15, 0.2) is 0 Å². The van der Waals surface area contributed by atoms with Crippen LogP contribution in [0.3, 0.4) is 0 Å². The molecule has 4 nitrogen and oxygen atoms in total. The lowest BCUT2D eigenvalue weighted by Gasteiger charge is -2.13. The molecule has 1 amide bonds. The number of nitrogens with one attached hydrogen (secondary N) is 1. The van der Waals surface area contributed by atoms with Gasteiger partial charge in [-0.15, -0.1) is 0 Å². The second-order valence-electron chi connectivity index (χ2n) is 4.74. The summed E-state index contributed by atoms with van der Waals surface area (Å²) in [4.78, 5) is 22.4. The number of carbonyl (C=O) groups is 2. The van der Waals surface area contributed by atoms with E-state index < -0.39 is 0 Å². The molecule has 0 saturated heterocycles. The molecule has 0 spiro atoms. The van der Waals surface area contributed by atoms with Gasteiger partial charge in [-0.3, -0.25) is 4.79 Å². The van der Waals surface area contributed by atoms with Gasteiger partial charge in [0.2, 0.25) is 5.91 Å². The minimum atomic E-state index is -0.114. The first-order valence-electron chi connectivity index (χ1n) is 6.34.